The van der Waals surface area contributed by atoms with Crippen molar-refractivity contribution in [2.24, 2.45) is 0 Å². The summed E-state index contributed by atoms with van der Waals surface area (Å²) in [6.45, 7) is 5.86. The second kappa shape index (κ2) is 8.02. The zero-order valence-corrected chi connectivity index (χ0v) is 16.2. The molecule has 0 spiro atoms. The monoisotopic (exact) mass is 377 g/mol. The molecule has 136 valence electrons. The molecule has 3 rings (SSSR count). The third-order valence-electron chi connectivity index (χ3n) is 4.14. The maximum Gasteiger partial charge on any atom is 0.230 e. The molecule has 0 atom stereocenters. The van der Waals surface area contributed by atoms with Crippen molar-refractivity contribution in [2.45, 2.75) is 27.4 Å². The van der Waals surface area contributed by atoms with E-state index in [1.165, 1.54) is 23.8 Å². The number of rotatable bonds is 5. The number of anilines is 2. The maximum atomic E-state index is 12.2. The van der Waals surface area contributed by atoms with E-state index in [1.54, 1.807) is 29.2 Å². The van der Waals surface area contributed by atoms with E-state index in [4.69, 9.17) is 10.00 Å². The lowest BCUT2D eigenvalue weighted by atomic mass is 10.1. The van der Waals surface area contributed by atoms with E-state index in [0.717, 1.165) is 16.9 Å². The molecule has 0 unspecified atom stereocenters. The van der Waals surface area contributed by atoms with Gasteiger partial charge in [-0.25, -0.2) is 4.98 Å². The molecule has 0 aliphatic heterocycles. The van der Waals surface area contributed by atoms with Gasteiger partial charge in [0.1, 0.15) is 12.4 Å². The Morgan fingerprint density at radius 3 is 2.74 bits per heavy atom. The average molecular weight is 377 g/mol. The molecule has 2 aromatic carbocycles. The van der Waals surface area contributed by atoms with Gasteiger partial charge in [-0.15, -0.1) is 11.3 Å². The molecule has 1 heterocycles. The molecule has 0 bridgehead atoms. The van der Waals surface area contributed by atoms with Crippen LogP contribution in [0.15, 0.2) is 47.8 Å². The quantitative estimate of drug-likeness (QED) is 0.634. The molecular weight excluding hydrogens is 358 g/mol. The van der Waals surface area contributed by atoms with Gasteiger partial charge >= 0.3 is 0 Å². The highest BCUT2D eigenvalue weighted by atomic mass is 32.1. The first-order chi connectivity index (χ1) is 13.0. The summed E-state index contributed by atoms with van der Waals surface area (Å²) in [6.07, 6.45) is 0. The number of carbonyl (C=O) groups is 1. The summed E-state index contributed by atoms with van der Waals surface area (Å²) in [5.74, 6) is 0.517. The molecular formula is C21H19N3O2S. The van der Waals surface area contributed by atoms with Crippen molar-refractivity contribution in [3.63, 3.8) is 0 Å². The molecule has 0 saturated heterocycles. The zero-order chi connectivity index (χ0) is 19.4. The molecule has 0 N–H and O–H groups in total. The van der Waals surface area contributed by atoms with E-state index in [-0.39, 0.29) is 12.5 Å². The largest absolute Gasteiger partial charge is 0.487 e. The summed E-state index contributed by atoms with van der Waals surface area (Å²) in [5.41, 5.74) is 4.37. The van der Waals surface area contributed by atoms with Gasteiger partial charge in [0.15, 0.2) is 5.13 Å². The van der Waals surface area contributed by atoms with Crippen LogP contribution in [0.1, 0.15) is 29.3 Å². The maximum absolute atomic E-state index is 12.2. The number of hydrogen-bond acceptors (Lipinski definition) is 5. The van der Waals surface area contributed by atoms with Crippen molar-refractivity contribution >= 4 is 28.1 Å². The first kappa shape index (κ1) is 18.6. The number of hydrogen-bond donors (Lipinski definition) is 0. The average Bonchev–Trinajstić information content (AvgIpc) is 3.11. The van der Waals surface area contributed by atoms with Crippen molar-refractivity contribution in [1.29, 1.82) is 5.26 Å². The van der Waals surface area contributed by atoms with Gasteiger partial charge in [0.25, 0.3) is 0 Å². The summed E-state index contributed by atoms with van der Waals surface area (Å²) in [7, 11) is 0. The first-order valence-corrected chi connectivity index (χ1v) is 9.31. The lowest BCUT2D eigenvalue weighted by molar-refractivity contribution is -0.115. The van der Waals surface area contributed by atoms with E-state index in [9.17, 15) is 4.79 Å². The minimum Gasteiger partial charge on any atom is -0.487 e. The van der Waals surface area contributed by atoms with Crippen molar-refractivity contribution in [3.05, 3.63) is 70.2 Å². The fraction of sp³-hybridized carbons (Fsp3) is 0.190. The first-order valence-electron chi connectivity index (χ1n) is 8.43. The lowest BCUT2D eigenvalue weighted by Gasteiger charge is -2.19. The SMILES string of the molecule is CC(=O)N(c1ccc(C)c(C)c1)c1nc(COc2cccc(C#N)c2)cs1. The van der Waals surface area contributed by atoms with Crippen LogP contribution in [0.4, 0.5) is 10.8 Å². The van der Waals surface area contributed by atoms with E-state index < -0.39 is 0 Å². The van der Waals surface area contributed by atoms with E-state index >= 15 is 0 Å². The van der Waals surface area contributed by atoms with Gasteiger partial charge in [-0.2, -0.15) is 5.26 Å². The molecule has 1 amide bonds. The predicted molar refractivity (Wildman–Crippen MR) is 106 cm³/mol. The molecule has 1 aromatic heterocycles. The highest BCUT2D eigenvalue weighted by Gasteiger charge is 2.18. The smallest absolute Gasteiger partial charge is 0.230 e. The summed E-state index contributed by atoms with van der Waals surface area (Å²) in [4.78, 5) is 18.4. The number of aryl methyl sites for hydroxylation is 2. The molecule has 5 nitrogen and oxygen atoms in total. The van der Waals surface area contributed by atoms with E-state index in [0.29, 0.717) is 16.4 Å². The second-order valence-electron chi connectivity index (χ2n) is 6.17. The van der Waals surface area contributed by atoms with Crippen molar-refractivity contribution in [1.82, 2.24) is 4.98 Å². The number of amides is 1. The fourth-order valence-corrected chi connectivity index (χ4v) is 3.44. The van der Waals surface area contributed by atoms with Crippen LogP contribution in [0.5, 0.6) is 5.75 Å². The number of ether oxygens (including phenoxy) is 1. The summed E-state index contributed by atoms with van der Waals surface area (Å²) < 4.78 is 5.72. The molecule has 3 aromatic rings. The van der Waals surface area contributed by atoms with Crippen LogP contribution in [0, 0.1) is 25.2 Å². The Balaban J connectivity index is 1.78. The summed E-state index contributed by atoms with van der Waals surface area (Å²) in [6, 6.07) is 15.0. The Kier molecular flexibility index (Phi) is 5.53. The molecule has 0 aliphatic carbocycles. The number of carbonyl (C=O) groups excluding carboxylic acids is 1. The van der Waals surface area contributed by atoms with Crippen molar-refractivity contribution in [2.75, 3.05) is 4.90 Å². The Labute approximate surface area is 162 Å². The molecule has 27 heavy (non-hydrogen) atoms. The predicted octanol–water partition coefficient (Wildman–Crippen LogP) is 4.90. The lowest BCUT2D eigenvalue weighted by Crippen LogP contribution is -2.22. The van der Waals surface area contributed by atoms with Crippen LogP contribution in [-0.4, -0.2) is 10.9 Å². The van der Waals surface area contributed by atoms with Crippen LogP contribution < -0.4 is 9.64 Å². The number of aromatic nitrogens is 1. The molecule has 6 heteroatoms. The topological polar surface area (TPSA) is 66.2 Å². The van der Waals surface area contributed by atoms with E-state index in [2.05, 4.69) is 11.1 Å². The highest BCUT2D eigenvalue weighted by molar-refractivity contribution is 7.14. The Bertz CT molecular complexity index is 1020. The third-order valence-corrected chi connectivity index (χ3v) is 5.02. The standard InChI is InChI=1S/C21H19N3O2S/c1-14-7-8-19(9-15(14)2)24(16(3)25)21-23-18(13-27-21)12-26-20-6-4-5-17(10-20)11-22/h4-10,13H,12H2,1-3H3. The number of nitrogens with zero attached hydrogens (tertiary/aromatic N) is 3. The molecule has 0 aliphatic rings. The van der Waals surface area contributed by atoms with Crippen molar-refractivity contribution in [3.8, 4) is 11.8 Å². The summed E-state index contributed by atoms with van der Waals surface area (Å²) >= 11 is 1.40. The Hall–Kier alpha value is -3.17. The Morgan fingerprint density at radius 2 is 2.04 bits per heavy atom. The van der Waals surface area contributed by atoms with Gasteiger partial charge < -0.3 is 4.74 Å². The van der Waals surface area contributed by atoms with Crippen LogP contribution in [0.25, 0.3) is 0 Å². The highest BCUT2D eigenvalue weighted by Crippen LogP contribution is 2.30. The van der Waals surface area contributed by atoms with Crippen molar-refractivity contribution < 1.29 is 9.53 Å². The van der Waals surface area contributed by atoms with Gasteiger partial charge in [-0.3, -0.25) is 9.69 Å². The number of thiazole rings is 1. The Morgan fingerprint density at radius 1 is 1.22 bits per heavy atom. The van der Waals surface area contributed by atoms with Crippen LogP contribution in [0.2, 0.25) is 0 Å². The van der Waals surface area contributed by atoms with Gasteiger partial charge in [0.05, 0.1) is 23.0 Å². The fourth-order valence-electron chi connectivity index (χ4n) is 2.57. The van der Waals surface area contributed by atoms with Crippen LogP contribution in [-0.2, 0) is 11.4 Å². The van der Waals surface area contributed by atoms with Gasteiger partial charge in [-0.05, 0) is 55.3 Å². The van der Waals surface area contributed by atoms with Gasteiger partial charge in [-0.1, -0.05) is 12.1 Å². The summed E-state index contributed by atoms with van der Waals surface area (Å²) in [5, 5.41) is 11.4. The zero-order valence-electron chi connectivity index (χ0n) is 15.4. The number of benzene rings is 2. The normalized spacial score (nSPS) is 10.3. The van der Waals surface area contributed by atoms with Crippen LogP contribution >= 0.6 is 11.3 Å². The van der Waals surface area contributed by atoms with E-state index in [1.807, 2.05) is 37.4 Å². The van der Waals surface area contributed by atoms with Gasteiger partial charge in [0, 0.05) is 12.3 Å². The second-order valence-corrected chi connectivity index (χ2v) is 7.01. The van der Waals surface area contributed by atoms with Gasteiger partial charge in [0.2, 0.25) is 5.91 Å². The molecule has 0 fully saturated rings. The third kappa shape index (κ3) is 4.33. The minimum absolute atomic E-state index is 0.0956. The number of nitriles is 1. The minimum atomic E-state index is -0.0956. The molecule has 0 saturated carbocycles. The van der Waals surface area contributed by atoms with Crippen LogP contribution in [0.3, 0.4) is 0 Å². The molecule has 0 radical (unpaired) electrons.